The third-order valence-corrected chi connectivity index (χ3v) is 5.06. The Kier molecular flexibility index (Phi) is 3.91. The SMILES string of the molecule is Cc1ccc(CC2(N)CCCCC2(N)Cc2ccc(C)o2)o1. The van der Waals surface area contributed by atoms with E-state index in [1.54, 1.807) is 0 Å². The molecule has 0 saturated heterocycles. The average Bonchev–Trinajstić information content (AvgIpc) is 3.02. The lowest BCUT2D eigenvalue weighted by molar-refractivity contribution is 0.132. The Morgan fingerprint density at radius 3 is 1.55 bits per heavy atom. The minimum absolute atomic E-state index is 0.462. The first kappa shape index (κ1) is 15.4. The average molecular weight is 302 g/mol. The van der Waals surface area contributed by atoms with E-state index in [0.717, 1.165) is 48.7 Å². The van der Waals surface area contributed by atoms with E-state index in [1.807, 2.05) is 38.1 Å². The monoisotopic (exact) mass is 302 g/mol. The van der Waals surface area contributed by atoms with Gasteiger partial charge in [-0.15, -0.1) is 0 Å². The van der Waals surface area contributed by atoms with Gasteiger partial charge in [-0.05, 0) is 51.0 Å². The van der Waals surface area contributed by atoms with Crippen LogP contribution >= 0.6 is 0 Å². The Labute approximate surface area is 131 Å². The normalized spacial score (nSPS) is 28.9. The first-order valence-corrected chi connectivity index (χ1v) is 8.09. The summed E-state index contributed by atoms with van der Waals surface area (Å²) in [5.41, 5.74) is 12.7. The molecule has 0 radical (unpaired) electrons. The second kappa shape index (κ2) is 5.60. The molecule has 2 atom stereocenters. The molecular formula is C18H26N2O2. The van der Waals surface area contributed by atoms with E-state index >= 15 is 0 Å². The van der Waals surface area contributed by atoms with Crippen LogP contribution in [-0.2, 0) is 12.8 Å². The van der Waals surface area contributed by atoms with Crippen molar-refractivity contribution in [1.29, 1.82) is 0 Å². The van der Waals surface area contributed by atoms with Crippen LogP contribution in [-0.4, -0.2) is 11.1 Å². The molecule has 0 spiro atoms. The predicted molar refractivity (Wildman–Crippen MR) is 86.6 cm³/mol. The van der Waals surface area contributed by atoms with Gasteiger partial charge in [0.1, 0.15) is 23.0 Å². The van der Waals surface area contributed by atoms with Crippen molar-refractivity contribution in [2.24, 2.45) is 11.5 Å². The van der Waals surface area contributed by atoms with Crippen LogP contribution in [0, 0.1) is 13.8 Å². The van der Waals surface area contributed by atoms with E-state index in [0.29, 0.717) is 12.8 Å². The lowest BCUT2D eigenvalue weighted by Gasteiger charge is -2.49. The van der Waals surface area contributed by atoms with Gasteiger partial charge in [0.25, 0.3) is 0 Å². The topological polar surface area (TPSA) is 78.3 Å². The Morgan fingerprint density at radius 2 is 1.23 bits per heavy atom. The largest absolute Gasteiger partial charge is 0.466 e. The fraction of sp³-hybridized carbons (Fsp3) is 0.556. The minimum atomic E-state index is -0.462. The molecule has 0 aliphatic heterocycles. The van der Waals surface area contributed by atoms with Gasteiger partial charge in [-0.3, -0.25) is 0 Å². The molecule has 4 heteroatoms. The van der Waals surface area contributed by atoms with Crippen LogP contribution in [0.3, 0.4) is 0 Å². The number of furan rings is 2. The van der Waals surface area contributed by atoms with Gasteiger partial charge < -0.3 is 20.3 Å². The molecule has 120 valence electrons. The van der Waals surface area contributed by atoms with Crippen molar-refractivity contribution < 1.29 is 8.83 Å². The van der Waals surface area contributed by atoms with Crippen LogP contribution < -0.4 is 11.5 Å². The van der Waals surface area contributed by atoms with Gasteiger partial charge >= 0.3 is 0 Å². The van der Waals surface area contributed by atoms with Crippen LogP contribution in [0.15, 0.2) is 33.1 Å². The molecule has 0 amide bonds. The second-order valence-electron chi connectivity index (χ2n) is 6.90. The summed E-state index contributed by atoms with van der Waals surface area (Å²) in [5, 5.41) is 0. The van der Waals surface area contributed by atoms with Gasteiger partial charge in [-0.2, -0.15) is 0 Å². The summed E-state index contributed by atoms with van der Waals surface area (Å²) in [5.74, 6) is 3.68. The zero-order valence-corrected chi connectivity index (χ0v) is 13.5. The fourth-order valence-corrected chi connectivity index (χ4v) is 3.69. The number of aryl methyl sites for hydroxylation is 2. The van der Waals surface area contributed by atoms with Crippen LogP contribution in [0.1, 0.15) is 48.7 Å². The quantitative estimate of drug-likeness (QED) is 0.908. The zero-order chi connectivity index (χ0) is 15.8. The molecule has 1 saturated carbocycles. The Morgan fingerprint density at radius 1 is 0.818 bits per heavy atom. The standard InChI is InChI=1S/C18H26N2O2/c1-13-5-7-15(21-13)11-17(19)9-3-4-10-18(17,20)12-16-8-6-14(2)22-16/h5-8H,3-4,9-12,19-20H2,1-2H3. The van der Waals surface area contributed by atoms with Gasteiger partial charge in [-0.25, -0.2) is 0 Å². The molecule has 22 heavy (non-hydrogen) atoms. The van der Waals surface area contributed by atoms with E-state index in [2.05, 4.69) is 0 Å². The highest BCUT2D eigenvalue weighted by atomic mass is 16.3. The summed E-state index contributed by atoms with van der Waals surface area (Å²) in [6, 6.07) is 7.98. The molecule has 0 aromatic carbocycles. The van der Waals surface area contributed by atoms with Crippen molar-refractivity contribution >= 4 is 0 Å². The lowest BCUT2D eigenvalue weighted by Crippen LogP contribution is -2.69. The molecule has 4 nitrogen and oxygen atoms in total. The zero-order valence-electron chi connectivity index (χ0n) is 13.5. The van der Waals surface area contributed by atoms with E-state index in [1.165, 1.54) is 0 Å². The van der Waals surface area contributed by atoms with Crippen molar-refractivity contribution in [1.82, 2.24) is 0 Å². The molecule has 1 aliphatic carbocycles. The maximum absolute atomic E-state index is 6.81. The summed E-state index contributed by atoms with van der Waals surface area (Å²) in [7, 11) is 0. The highest BCUT2D eigenvalue weighted by molar-refractivity contribution is 5.20. The van der Waals surface area contributed by atoms with E-state index in [9.17, 15) is 0 Å². The van der Waals surface area contributed by atoms with Crippen molar-refractivity contribution in [3.05, 3.63) is 47.3 Å². The minimum Gasteiger partial charge on any atom is -0.466 e. The van der Waals surface area contributed by atoms with Crippen LogP contribution in [0.4, 0.5) is 0 Å². The number of hydrogen-bond donors (Lipinski definition) is 2. The Bertz CT molecular complexity index is 589. The lowest BCUT2D eigenvalue weighted by atomic mass is 9.64. The molecule has 1 aliphatic rings. The Hall–Kier alpha value is -1.52. The molecule has 2 aromatic heterocycles. The summed E-state index contributed by atoms with van der Waals surface area (Å²) in [6.45, 7) is 3.91. The van der Waals surface area contributed by atoms with Crippen LogP contribution in [0.25, 0.3) is 0 Å². The fourth-order valence-electron chi connectivity index (χ4n) is 3.69. The molecule has 2 heterocycles. The molecule has 2 unspecified atom stereocenters. The van der Waals surface area contributed by atoms with Gasteiger partial charge in [0.15, 0.2) is 0 Å². The number of nitrogens with two attached hydrogens (primary N) is 2. The molecule has 0 bridgehead atoms. The molecular weight excluding hydrogens is 276 g/mol. The smallest absolute Gasteiger partial charge is 0.106 e. The highest BCUT2D eigenvalue weighted by Crippen LogP contribution is 2.39. The van der Waals surface area contributed by atoms with Crippen LogP contribution in [0.2, 0.25) is 0 Å². The maximum atomic E-state index is 6.81. The van der Waals surface area contributed by atoms with E-state index < -0.39 is 11.1 Å². The van der Waals surface area contributed by atoms with Crippen molar-refractivity contribution in [3.63, 3.8) is 0 Å². The van der Waals surface area contributed by atoms with Gasteiger partial charge in [0, 0.05) is 23.9 Å². The van der Waals surface area contributed by atoms with Gasteiger partial charge in [-0.1, -0.05) is 12.8 Å². The number of hydrogen-bond acceptors (Lipinski definition) is 4. The molecule has 3 rings (SSSR count). The van der Waals surface area contributed by atoms with Crippen molar-refractivity contribution in [2.75, 3.05) is 0 Å². The third-order valence-electron chi connectivity index (χ3n) is 5.06. The molecule has 1 fully saturated rings. The first-order chi connectivity index (χ1) is 10.4. The predicted octanol–water partition coefficient (Wildman–Crippen LogP) is 3.24. The third kappa shape index (κ3) is 2.85. The van der Waals surface area contributed by atoms with Crippen molar-refractivity contribution in [3.8, 4) is 0 Å². The van der Waals surface area contributed by atoms with Crippen molar-refractivity contribution in [2.45, 2.75) is 63.5 Å². The second-order valence-corrected chi connectivity index (χ2v) is 6.90. The number of rotatable bonds is 4. The highest BCUT2D eigenvalue weighted by Gasteiger charge is 2.48. The summed E-state index contributed by atoms with van der Waals surface area (Å²) in [6.07, 6.45) is 5.43. The molecule has 2 aromatic rings. The first-order valence-electron chi connectivity index (χ1n) is 8.09. The van der Waals surface area contributed by atoms with Crippen LogP contribution in [0.5, 0.6) is 0 Å². The van der Waals surface area contributed by atoms with E-state index in [4.69, 9.17) is 20.3 Å². The summed E-state index contributed by atoms with van der Waals surface area (Å²) >= 11 is 0. The van der Waals surface area contributed by atoms with Gasteiger partial charge in [0.05, 0.1) is 0 Å². The summed E-state index contributed by atoms with van der Waals surface area (Å²) in [4.78, 5) is 0. The molecule has 4 N–H and O–H groups in total. The summed E-state index contributed by atoms with van der Waals surface area (Å²) < 4.78 is 11.5. The van der Waals surface area contributed by atoms with Gasteiger partial charge in [0.2, 0.25) is 0 Å². The maximum Gasteiger partial charge on any atom is 0.106 e. The Balaban J connectivity index is 1.85. The van der Waals surface area contributed by atoms with E-state index in [-0.39, 0.29) is 0 Å².